The predicted octanol–water partition coefficient (Wildman–Crippen LogP) is 3.10. The predicted molar refractivity (Wildman–Crippen MR) is 82.5 cm³/mol. The Labute approximate surface area is 119 Å². The number of aryl methyl sites for hydroxylation is 2. The summed E-state index contributed by atoms with van der Waals surface area (Å²) in [6.07, 6.45) is 3.78. The molecule has 0 saturated heterocycles. The van der Waals surface area contributed by atoms with Gasteiger partial charge in [-0.05, 0) is 25.0 Å². The van der Waals surface area contributed by atoms with Crippen molar-refractivity contribution < 1.29 is 4.74 Å². The lowest BCUT2D eigenvalue weighted by Gasteiger charge is -2.13. The molecule has 1 aromatic heterocycles. The zero-order chi connectivity index (χ0) is 14.5. The van der Waals surface area contributed by atoms with Gasteiger partial charge in [0.2, 0.25) is 0 Å². The van der Waals surface area contributed by atoms with Crippen molar-refractivity contribution in [3.05, 3.63) is 30.1 Å². The number of para-hydroxylation sites is 1. The maximum atomic E-state index is 6.16. The number of nitrogens with two attached hydrogens (primary N) is 1. The van der Waals surface area contributed by atoms with Crippen molar-refractivity contribution in [1.82, 2.24) is 9.78 Å². The van der Waals surface area contributed by atoms with Gasteiger partial charge in [-0.25, -0.2) is 0 Å². The van der Waals surface area contributed by atoms with E-state index in [1.165, 1.54) is 0 Å². The van der Waals surface area contributed by atoms with E-state index in [-0.39, 0.29) is 0 Å². The Morgan fingerprint density at radius 3 is 2.80 bits per heavy atom. The van der Waals surface area contributed by atoms with Crippen LogP contribution in [0.1, 0.15) is 26.0 Å². The van der Waals surface area contributed by atoms with Gasteiger partial charge in [-0.3, -0.25) is 4.68 Å². The van der Waals surface area contributed by atoms with Crippen LogP contribution in [0.5, 0.6) is 5.75 Å². The Morgan fingerprint density at radius 2 is 2.10 bits per heavy atom. The minimum Gasteiger partial charge on any atom is -0.491 e. The molecule has 0 bridgehead atoms. The molecule has 0 spiro atoms. The lowest BCUT2D eigenvalue weighted by molar-refractivity contribution is 0.319. The Bertz CT molecular complexity index is 577. The largest absolute Gasteiger partial charge is 0.491 e. The topological polar surface area (TPSA) is 65.1 Å². The molecule has 5 nitrogen and oxygen atoms in total. The number of ether oxygens (including phenoxy) is 1. The molecule has 5 heteroatoms. The molecule has 0 saturated carbocycles. The summed E-state index contributed by atoms with van der Waals surface area (Å²) in [5.41, 5.74) is 9.64. The van der Waals surface area contributed by atoms with E-state index in [1.54, 1.807) is 4.68 Å². The molecule has 2 rings (SSSR count). The summed E-state index contributed by atoms with van der Waals surface area (Å²) < 4.78 is 7.44. The molecule has 2 aromatic rings. The van der Waals surface area contributed by atoms with Gasteiger partial charge >= 0.3 is 0 Å². The van der Waals surface area contributed by atoms with Gasteiger partial charge in [0, 0.05) is 13.2 Å². The first-order valence-electron chi connectivity index (χ1n) is 6.96. The summed E-state index contributed by atoms with van der Waals surface area (Å²) >= 11 is 0. The summed E-state index contributed by atoms with van der Waals surface area (Å²) in [5.74, 6) is 0.721. The van der Waals surface area contributed by atoms with Gasteiger partial charge < -0.3 is 15.8 Å². The van der Waals surface area contributed by atoms with Crippen LogP contribution >= 0.6 is 0 Å². The molecule has 0 amide bonds. The summed E-state index contributed by atoms with van der Waals surface area (Å²) in [5, 5.41) is 7.75. The third-order valence-corrected chi connectivity index (χ3v) is 3.04. The normalized spacial score (nSPS) is 10.6. The smallest absolute Gasteiger partial charge is 0.144 e. The molecule has 0 unspecified atom stereocenters. The second-order valence-corrected chi connectivity index (χ2v) is 4.71. The molecule has 0 aliphatic carbocycles. The van der Waals surface area contributed by atoms with Crippen LogP contribution in [0.3, 0.4) is 0 Å². The molecular weight excluding hydrogens is 252 g/mol. The molecule has 3 N–H and O–H groups in total. The van der Waals surface area contributed by atoms with Crippen LogP contribution in [-0.4, -0.2) is 16.4 Å². The number of hydrogen-bond donors (Lipinski definition) is 2. The Hall–Kier alpha value is -2.17. The molecule has 0 aliphatic heterocycles. The SMILES string of the molecule is CCCOc1cccc(Nc2cn(C)nc2CC)c1N. The number of aromatic nitrogens is 2. The van der Waals surface area contributed by atoms with Gasteiger partial charge in [-0.1, -0.05) is 19.9 Å². The Morgan fingerprint density at radius 1 is 1.30 bits per heavy atom. The number of rotatable bonds is 6. The number of hydrogen-bond acceptors (Lipinski definition) is 4. The van der Waals surface area contributed by atoms with Crippen LogP contribution in [-0.2, 0) is 13.5 Å². The average molecular weight is 274 g/mol. The zero-order valence-electron chi connectivity index (χ0n) is 12.3. The summed E-state index contributed by atoms with van der Waals surface area (Å²) in [4.78, 5) is 0. The van der Waals surface area contributed by atoms with E-state index < -0.39 is 0 Å². The number of nitrogen functional groups attached to an aromatic ring is 1. The molecule has 1 aromatic carbocycles. The molecule has 0 radical (unpaired) electrons. The van der Waals surface area contributed by atoms with E-state index in [9.17, 15) is 0 Å². The highest BCUT2D eigenvalue weighted by Gasteiger charge is 2.10. The van der Waals surface area contributed by atoms with Gasteiger partial charge in [-0.15, -0.1) is 0 Å². The van der Waals surface area contributed by atoms with Gasteiger partial charge in [-0.2, -0.15) is 5.10 Å². The van der Waals surface area contributed by atoms with Crippen LogP contribution in [0, 0.1) is 0 Å². The van der Waals surface area contributed by atoms with E-state index >= 15 is 0 Å². The lowest BCUT2D eigenvalue weighted by atomic mass is 10.2. The number of benzene rings is 1. The van der Waals surface area contributed by atoms with Crippen LogP contribution in [0.2, 0.25) is 0 Å². The number of nitrogens with one attached hydrogen (secondary N) is 1. The maximum Gasteiger partial charge on any atom is 0.144 e. The average Bonchev–Trinajstić information content (AvgIpc) is 2.80. The maximum absolute atomic E-state index is 6.16. The van der Waals surface area contributed by atoms with Crippen molar-refractivity contribution in [2.75, 3.05) is 17.7 Å². The zero-order valence-corrected chi connectivity index (χ0v) is 12.3. The van der Waals surface area contributed by atoms with Gasteiger partial charge in [0.05, 0.1) is 29.4 Å². The molecule has 1 heterocycles. The number of anilines is 3. The fourth-order valence-electron chi connectivity index (χ4n) is 2.04. The third kappa shape index (κ3) is 3.04. The lowest BCUT2D eigenvalue weighted by Crippen LogP contribution is -2.02. The monoisotopic (exact) mass is 274 g/mol. The van der Waals surface area contributed by atoms with Crippen LogP contribution in [0.4, 0.5) is 17.1 Å². The van der Waals surface area contributed by atoms with Crippen molar-refractivity contribution >= 4 is 17.1 Å². The number of nitrogens with zero attached hydrogens (tertiary/aromatic N) is 2. The fourth-order valence-corrected chi connectivity index (χ4v) is 2.04. The second-order valence-electron chi connectivity index (χ2n) is 4.71. The van der Waals surface area contributed by atoms with Crippen molar-refractivity contribution in [2.24, 2.45) is 7.05 Å². The van der Waals surface area contributed by atoms with Crippen molar-refractivity contribution in [2.45, 2.75) is 26.7 Å². The molecule has 0 atom stereocenters. The molecule has 0 aliphatic rings. The van der Waals surface area contributed by atoms with Crippen molar-refractivity contribution in [3.8, 4) is 5.75 Å². The summed E-state index contributed by atoms with van der Waals surface area (Å²) in [6, 6.07) is 5.77. The Balaban J connectivity index is 2.24. The van der Waals surface area contributed by atoms with E-state index in [0.29, 0.717) is 12.3 Å². The van der Waals surface area contributed by atoms with E-state index in [4.69, 9.17) is 10.5 Å². The first-order chi connectivity index (χ1) is 9.65. The summed E-state index contributed by atoms with van der Waals surface area (Å²) in [7, 11) is 1.91. The molecule has 0 fully saturated rings. The van der Waals surface area contributed by atoms with Gasteiger partial charge in [0.15, 0.2) is 0 Å². The van der Waals surface area contributed by atoms with Gasteiger partial charge in [0.25, 0.3) is 0 Å². The van der Waals surface area contributed by atoms with Crippen molar-refractivity contribution in [1.29, 1.82) is 0 Å². The molecular formula is C15H22N4O. The minimum absolute atomic E-state index is 0.631. The third-order valence-electron chi connectivity index (χ3n) is 3.04. The van der Waals surface area contributed by atoms with Crippen LogP contribution < -0.4 is 15.8 Å². The first-order valence-corrected chi connectivity index (χ1v) is 6.96. The highest BCUT2D eigenvalue weighted by atomic mass is 16.5. The summed E-state index contributed by atoms with van der Waals surface area (Å²) in [6.45, 7) is 4.82. The van der Waals surface area contributed by atoms with E-state index in [2.05, 4.69) is 24.3 Å². The van der Waals surface area contributed by atoms with E-state index in [0.717, 1.165) is 35.7 Å². The van der Waals surface area contributed by atoms with Gasteiger partial charge in [0.1, 0.15) is 5.75 Å². The highest BCUT2D eigenvalue weighted by Crippen LogP contribution is 2.32. The molecule has 20 heavy (non-hydrogen) atoms. The standard InChI is InChI=1S/C15H22N4O/c1-4-9-20-14-8-6-7-12(15(14)16)17-13-10-19(3)18-11(13)5-2/h6-8,10,17H,4-5,9,16H2,1-3H3. The van der Waals surface area contributed by atoms with Crippen LogP contribution in [0.15, 0.2) is 24.4 Å². The minimum atomic E-state index is 0.631. The molecule has 108 valence electrons. The quantitative estimate of drug-likeness (QED) is 0.794. The highest BCUT2D eigenvalue weighted by molar-refractivity contribution is 5.77. The Kier molecular flexibility index (Phi) is 4.50. The van der Waals surface area contributed by atoms with E-state index in [1.807, 2.05) is 31.4 Å². The van der Waals surface area contributed by atoms with Crippen LogP contribution in [0.25, 0.3) is 0 Å². The van der Waals surface area contributed by atoms with Crippen molar-refractivity contribution in [3.63, 3.8) is 0 Å². The second kappa shape index (κ2) is 6.32. The first kappa shape index (κ1) is 14.2. The fraction of sp³-hybridized carbons (Fsp3) is 0.400.